The van der Waals surface area contributed by atoms with Gasteiger partial charge in [0.05, 0.1) is 19.4 Å². The van der Waals surface area contributed by atoms with Crippen LogP contribution in [0.25, 0.3) is 21.8 Å². The van der Waals surface area contributed by atoms with Gasteiger partial charge in [-0.25, -0.2) is 4.68 Å². The number of benzene rings is 1. The molecule has 1 aromatic carbocycles. The highest BCUT2D eigenvalue weighted by Crippen LogP contribution is 2.24. The Kier molecular flexibility index (Phi) is 3.57. The van der Waals surface area contributed by atoms with E-state index in [2.05, 4.69) is 5.10 Å². The van der Waals surface area contributed by atoms with Crippen molar-refractivity contribution in [3.63, 3.8) is 0 Å². The molecule has 0 radical (unpaired) electrons. The van der Waals surface area contributed by atoms with Crippen molar-refractivity contribution < 1.29 is 9.53 Å². The van der Waals surface area contributed by atoms with Gasteiger partial charge in [-0.15, -0.1) is 0 Å². The number of amides is 1. The normalized spacial score (nSPS) is 15.3. The summed E-state index contributed by atoms with van der Waals surface area (Å²) in [6.45, 7) is 2.15. The van der Waals surface area contributed by atoms with Crippen molar-refractivity contribution in [2.75, 3.05) is 26.3 Å². The van der Waals surface area contributed by atoms with E-state index in [1.54, 1.807) is 11.1 Å². The summed E-state index contributed by atoms with van der Waals surface area (Å²) in [5, 5.41) is 6.02. The number of aromatic nitrogens is 3. The van der Waals surface area contributed by atoms with E-state index in [4.69, 9.17) is 4.74 Å². The molecule has 2 aromatic heterocycles. The second-order valence-electron chi connectivity index (χ2n) is 5.94. The number of morpholine rings is 1. The fraction of sp³-hybridized carbons (Fsp3) is 0.353. The number of fused-ring (bicyclic) bond motifs is 3. The van der Waals surface area contributed by atoms with Crippen LogP contribution >= 0.6 is 0 Å². The molecule has 0 spiro atoms. The summed E-state index contributed by atoms with van der Waals surface area (Å²) < 4.78 is 8.36. The molecular weight excluding hydrogens is 308 g/mol. The number of rotatable bonds is 2. The van der Waals surface area contributed by atoms with E-state index < -0.39 is 0 Å². The van der Waals surface area contributed by atoms with Crippen LogP contribution in [0.1, 0.15) is 0 Å². The smallest absolute Gasteiger partial charge is 0.291 e. The molecule has 0 atom stereocenters. The van der Waals surface area contributed by atoms with Gasteiger partial charge in [0.25, 0.3) is 5.56 Å². The Balaban J connectivity index is 1.76. The Bertz CT molecular complexity index is 983. The molecule has 0 bridgehead atoms. The molecule has 7 heteroatoms. The van der Waals surface area contributed by atoms with Crippen LogP contribution in [0.15, 0.2) is 35.3 Å². The second kappa shape index (κ2) is 5.76. The molecule has 24 heavy (non-hydrogen) atoms. The average Bonchev–Trinajstić information content (AvgIpc) is 2.92. The van der Waals surface area contributed by atoms with Gasteiger partial charge < -0.3 is 14.2 Å². The number of para-hydroxylation sites is 1. The summed E-state index contributed by atoms with van der Waals surface area (Å²) in [6, 6.07) is 7.82. The zero-order valence-electron chi connectivity index (χ0n) is 13.4. The summed E-state index contributed by atoms with van der Waals surface area (Å²) in [6.07, 6.45) is 1.67. The van der Waals surface area contributed by atoms with Crippen molar-refractivity contribution >= 4 is 27.7 Å². The van der Waals surface area contributed by atoms with Gasteiger partial charge in [-0.1, -0.05) is 18.2 Å². The monoisotopic (exact) mass is 326 g/mol. The van der Waals surface area contributed by atoms with Crippen LogP contribution in [0, 0.1) is 0 Å². The number of carbonyl (C=O) groups is 1. The van der Waals surface area contributed by atoms with Crippen LogP contribution in [0.2, 0.25) is 0 Å². The number of ether oxygens (including phenoxy) is 1. The van der Waals surface area contributed by atoms with E-state index >= 15 is 0 Å². The standard InChI is InChI=1S/C17H18N4O3/c1-19-14-5-3-2-4-12(14)13-10-18-21(17(23)16(13)19)11-15(22)20-6-8-24-9-7-20/h2-5,10H,6-9,11H2,1H3. The summed E-state index contributed by atoms with van der Waals surface area (Å²) in [5.74, 6) is -0.106. The van der Waals surface area contributed by atoms with Gasteiger partial charge in [0.1, 0.15) is 12.1 Å². The molecule has 1 amide bonds. The first-order chi connectivity index (χ1) is 11.7. The molecule has 7 nitrogen and oxygen atoms in total. The third kappa shape index (κ3) is 2.28. The molecule has 4 rings (SSSR count). The summed E-state index contributed by atoms with van der Waals surface area (Å²) in [7, 11) is 1.86. The summed E-state index contributed by atoms with van der Waals surface area (Å²) >= 11 is 0. The van der Waals surface area contributed by atoms with Gasteiger partial charge in [-0.3, -0.25) is 9.59 Å². The maximum Gasteiger partial charge on any atom is 0.291 e. The SMILES string of the molecule is Cn1c2ccccc2c2cnn(CC(=O)N3CCOCC3)c(=O)c21. The number of hydrogen-bond donors (Lipinski definition) is 0. The Morgan fingerprint density at radius 2 is 1.96 bits per heavy atom. The fourth-order valence-corrected chi connectivity index (χ4v) is 3.27. The molecule has 0 saturated carbocycles. The predicted molar refractivity (Wildman–Crippen MR) is 89.9 cm³/mol. The molecule has 3 aromatic rings. The van der Waals surface area contributed by atoms with E-state index in [9.17, 15) is 9.59 Å². The Labute approximate surface area is 138 Å². The van der Waals surface area contributed by atoms with E-state index in [-0.39, 0.29) is 18.0 Å². The van der Waals surface area contributed by atoms with Crippen LogP contribution in [-0.2, 0) is 23.1 Å². The van der Waals surface area contributed by atoms with Gasteiger partial charge in [0.2, 0.25) is 5.91 Å². The van der Waals surface area contributed by atoms with Crippen LogP contribution in [0.3, 0.4) is 0 Å². The van der Waals surface area contributed by atoms with Gasteiger partial charge >= 0.3 is 0 Å². The molecular formula is C17H18N4O3. The van der Waals surface area contributed by atoms with E-state index in [0.717, 1.165) is 16.3 Å². The minimum absolute atomic E-state index is 0.0453. The van der Waals surface area contributed by atoms with Crippen molar-refractivity contribution in [2.24, 2.45) is 7.05 Å². The second-order valence-corrected chi connectivity index (χ2v) is 5.94. The first-order valence-electron chi connectivity index (χ1n) is 7.95. The quantitative estimate of drug-likeness (QED) is 0.697. The lowest BCUT2D eigenvalue weighted by molar-refractivity contribution is -0.136. The maximum atomic E-state index is 12.8. The lowest BCUT2D eigenvalue weighted by atomic mass is 10.2. The Morgan fingerprint density at radius 1 is 1.21 bits per heavy atom. The van der Waals surface area contributed by atoms with Crippen LogP contribution in [0.4, 0.5) is 0 Å². The van der Waals surface area contributed by atoms with Gasteiger partial charge in [-0.05, 0) is 6.07 Å². The summed E-state index contributed by atoms with van der Waals surface area (Å²) in [5.41, 5.74) is 1.30. The third-order valence-electron chi connectivity index (χ3n) is 4.56. The molecule has 0 aliphatic carbocycles. The molecule has 0 N–H and O–H groups in total. The summed E-state index contributed by atoms with van der Waals surface area (Å²) in [4.78, 5) is 26.9. The van der Waals surface area contributed by atoms with Crippen LogP contribution in [-0.4, -0.2) is 51.5 Å². The minimum Gasteiger partial charge on any atom is -0.378 e. The molecule has 1 fully saturated rings. The molecule has 1 aliphatic rings. The molecule has 1 saturated heterocycles. The van der Waals surface area contributed by atoms with E-state index in [1.807, 2.05) is 35.9 Å². The molecule has 0 unspecified atom stereocenters. The van der Waals surface area contributed by atoms with Gasteiger partial charge in [0, 0.05) is 36.4 Å². The lowest BCUT2D eigenvalue weighted by Gasteiger charge is -2.26. The molecule has 1 aliphatic heterocycles. The van der Waals surface area contributed by atoms with E-state index in [1.165, 1.54) is 4.68 Å². The minimum atomic E-state index is -0.243. The molecule has 3 heterocycles. The first kappa shape index (κ1) is 14.9. The topological polar surface area (TPSA) is 69.4 Å². The molecule has 124 valence electrons. The highest BCUT2D eigenvalue weighted by molar-refractivity contribution is 6.07. The highest BCUT2D eigenvalue weighted by Gasteiger charge is 2.19. The third-order valence-corrected chi connectivity index (χ3v) is 4.56. The number of hydrogen-bond acceptors (Lipinski definition) is 4. The Hall–Kier alpha value is -2.67. The zero-order chi connectivity index (χ0) is 16.7. The number of aryl methyl sites for hydroxylation is 1. The average molecular weight is 326 g/mol. The fourth-order valence-electron chi connectivity index (χ4n) is 3.27. The largest absolute Gasteiger partial charge is 0.378 e. The van der Waals surface area contributed by atoms with Gasteiger partial charge in [0.15, 0.2) is 0 Å². The van der Waals surface area contributed by atoms with Crippen LogP contribution < -0.4 is 5.56 Å². The first-order valence-corrected chi connectivity index (χ1v) is 7.95. The lowest BCUT2D eigenvalue weighted by Crippen LogP contribution is -2.43. The Morgan fingerprint density at radius 3 is 2.75 bits per heavy atom. The van der Waals surface area contributed by atoms with Gasteiger partial charge in [-0.2, -0.15) is 5.10 Å². The number of carbonyl (C=O) groups excluding carboxylic acids is 1. The van der Waals surface area contributed by atoms with Crippen molar-refractivity contribution in [3.05, 3.63) is 40.8 Å². The number of nitrogens with zero attached hydrogens (tertiary/aromatic N) is 4. The van der Waals surface area contributed by atoms with E-state index in [0.29, 0.717) is 31.8 Å². The van der Waals surface area contributed by atoms with Crippen molar-refractivity contribution in [3.8, 4) is 0 Å². The highest BCUT2D eigenvalue weighted by atomic mass is 16.5. The van der Waals surface area contributed by atoms with Crippen molar-refractivity contribution in [2.45, 2.75) is 6.54 Å². The predicted octanol–water partition coefficient (Wildman–Crippen LogP) is 0.747. The van der Waals surface area contributed by atoms with Crippen molar-refractivity contribution in [1.29, 1.82) is 0 Å². The maximum absolute atomic E-state index is 12.8. The van der Waals surface area contributed by atoms with Crippen molar-refractivity contribution in [1.82, 2.24) is 19.2 Å². The zero-order valence-corrected chi connectivity index (χ0v) is 13.4. The van der Waals surface area contributed by atoms with Crippen LogP contribution in [0.5, 0.6) is 0 Å².